The number of rotatable bonds is 4. The van der Waals surface area contributed by atoms with Gasteiger partial charge in [-0.3, -0.25) is 14.2 Å². The number of carbonyl (C=O) groups is 2. The monoisotopic (exact) mass is 403 g/mol. The van der Waals surface area contributed by atoms with Crippen LogP contribution in [0.5, 0.6) is 0 Å². The number of esters is 1. The number of nitrogens with zero attached hydrogens (tertiary/aromatic N) is 2. The molecule has 0 atom stereocenters. The van der Waals surface area contributed by atoms with Crippen molar-refractivity contribution >= 4 is 33.4 Å². The highest BCUT2D eigenvalue weighted by atomic mass is 32.1. The first kappa shape index (κ1) is 19.1. The Hall–Kier alpha value is -2.22. The third kappa shape index (κ3) is 3.57. The van der Waals surface area contributed by atoms with Crippen LogP contribution in [0.2, 0.25) is 0 Å². The Labute approximate surface area is 167 Å². The van der Waals surface area contributed by atoms with Gasteiger partial charge in [-0.2, -0.15) is 0 Å². The summed E-state index contributed by atoms with van der Waals surface area (Å²) < 4.78 is 6.92. The summed E-state index contributed by atoms with van der Waals surface area (Å²) in [7, 11) is 0. The minimum Gasteiger partial charge on any atom is -0.451 e. The molecule has 7 nitrogen and oxygen atoms in total. The van der Waals surface area contributed by atoms with Crippen molar-refractivity contribution in [3.8, 4) is 0 Å². The lowest BCUT2D eigenvalue weighted by atomic mass is 9.87. The molecule has 1 saturated carbocycles. The molecular weight excluding hydrogens is 378 g/mol. The van der Waals surface area contributed by atoms with E-state index in [4.69, 9.17) is 4.74 Å². The molecule has 1 amide bonds. The minimum atomic E-state index is -0.572. The van der Waals surface area contributed by atoms with Gasteiger partial charge in [-0.1, -0.05) is 6.92 Å². The predicted molar refractivity (Wildman–Crippen MR) is 107 cm³/mol. The zero-order chi connectivity index (χ0) is 19.8. The average Bonchev–Trinajstić information content (AvgIpc) is 3.27. The molecule has 0 aromatic carbocycles. The number of thiophene rings is 1. The van der Waals surface area contributed by atoms with Crippen molar-refractivity contribution in [1.29, 1.82) is 0 Å². The van der Waals surface area contributed by atoms with Crippen molar-refractivity contribution in [2.45, 2.75) is 65.0 Å². The number of hydrogen-bond donors (Lipinski definition) is 1. The first-order chi connectivity index (χ1) is 13.4. The summed E-state index contributed by atoms with van der Waals surface area (Å²) >= 11 is 1.17. The fourth-order valence-electron chi connectivity index (χ4n) is 4.14. The summed E-state index contributed by atoms with van der Waals surface area (Å²) in [4.78, 5) is 42.8. The van der Waals surface area contributed by atoms with E-state index in [2.05, 4.69) is 17.2 Å². The van der Waals surface area contributed by atoms with Crippen LogP contribution in [0.1, 0.15) is 60.1 Å². The predicted octanol–water partition coefficient (Wildman–Crippen LogP) is 2.56. The lowest BCUT2D eigenvalue weighted by molar-refractivity contribution is -0.125. The van der Waals surface area contributed by atoms with Gasteiger partial charge in [-0.15, -0.1) is 11.3 Å². The smallest absolute Gasteiger partial charge is 0.349 e. The fraction of sp³-hybridized carbons (Fsp3) is 0.600. The Bertz CT molecular complexity index is 985. The van der Waals surface area contributed by atoms with Crippen LogP contribution >= 0.6 is 11.3 Å². The van der Waals surface area contributed by atoms with Crippen molar-refractivity contribution in [2.75, 3.05) is 6.61 Å². The highest BCUT2D eigenvalue weighted by molar-refractivity contribution is 7.20. The number of fused-ring (bicyclic) bond motifs is 2. The topological polar surface area (TPSA) is 90.3 Å². The number of aromatic nitrogens is 2. The summed E-state index contributed by atoms with van der Waals surface area (Å²) in [6.07, 6.45) is 5.86. The minimum absolute atomic E-state index is 0.0884. The molecule has 0 radical (unpaired) electrons. The summed E-state index contributed by atoms with van der Waals surface area (Å²) in [5, 5.41) is 3.44. The number of nitrogens with one attached hydrogen (secondary N) is 1. The van der Waals surface area contributed by atoms with Gasteiger partial charge in [0.2, 0.25) is 0 Å². The van der Waals surface area contributed by atoms with E-state index in [0.29, 0.717) is 33.1 Å². The Morgan fingerprint density at radius 2 is 2.04 bits per heavy atom. The van der Waals surface area contributed by atoms with E-state index in [-0.39, 0.29) is 24.1 Å². The molecule has 0 saturated heterocycles. The summed E-state index contributed by atoms with van der Waals surface area (Å²) in [5.74, 6) is 0.641. The molecule has 1 aliphatic carbocycles. The second-order valence-corrected chi connectivity index (χ2v) is 8.92. The normalized spacial score (nSPS) is 21.5. The van der Waals surface area contributed by atoms with Crippen LogP contribution in [-0.2, 0) is 22.5 Å². The maximum Gasteiger partial charge on any atom is 0.349 e. The summed E-state index contributed by atoms with van der Waals surface area (Å²) in [5.41, 5.74) is 0.501. The Morgan fingerprint density at radius 1 is 1.29 bits per heavy atom. The van der Waals surface area contributed by atoms with Crippen LogP contribution in [0, 0.1) is 12.8 Å². The second-order valence-electron chi connectivity index (χ2n) is 7.93. The first-order valence-electron chi connectivity index (χ1n) is 9.93. The van der Waals surface area contributed by atoms with Crippen LogP contribution in [0.25, 0.3) is 10.2 Å². The third-order valence-electron chi connectivity index (χ3n) is 5.81. The quantitative estimate of drug-likeness (QED) is 0.793. The Kier molecular flexibility index (Phi) is 5.23. The lowest BCUT2D eigenvalue weighted by Crippen LogP contribution is -2.39. The van der Waals surface area contributed by atoms with Gasteiger partial charge in [-0.25, -0.2) is 9.78 Å². The van der Waals surface area contributed by atoms with Gasteiger partial charge in [-0.05, 0) is 50.5 Å². The van der Waals surface area contributed by atoms with Crippen LogP contribution in [-0.4, -0.2) is 34.1 Å². The fourth-order valence-corrected chi connectivity index (χ4v) is 5.22. The number of hydrogen-bond acceptors (Lipinski definition) is 6. The number of carbonyl (C=O) groups excluding carboxylic acids is 2. The van der Waals surface area contributed by atoms with Crippen LogP contribution in [0.15, 0.2) is 4.79 Å². The van der Waals surface area contributed by atoms with E-state index < -0.39 is 5.97 Å². The molecule has 2 aromatic heterocycles. The van der Waals surface area contributed by atoms with E-state index in [9.17, 15) is 14.4 Å². The molecule has 150 valence electrons. The molecular formula is C20H25N3O4S. The van der Waals surface area contributed by atoms with Crippen molar-refractivity contribution in [3.63, 3.8) is 0 Å². The molecule has 0 spiro atoms. The van der Waals surface area contributed by atoms with Crippen LogP contribution in [0.3, 0.4) is 0 Å². The van der Waals surface area contributed by atoms with Crippen LogP contribution in [0.4, 0.5) is 0 Å². The van der Waals surface area contributed by atoms with Crippen molar-refractivity contribution in [2.24, 2.45) is 5.92 Å². The number of aryl methyl sites for hydroxylation is 2. The molecule has 1 aliphatic heterocycles. The molecule has 3 heterocycles. The first-order valence-corrected chi connectivity index (χ1v) is 10.7. The van der Waals surface area contributed by atoms with Gasteiger partial charge in [0.1, 0.15) is 15.5 Å². The average molecular weight is 404 g/mol. The van der Waals surface area contributed by atoms with Crippen molar-refractivity contribution < 1.29 is 14.3 Å². The Balaban J connectivity index is 1.43. The van der Waals surface area contributed by atoms with Gasteiger partial charge in [0, 0.05) is 19.0 Å². The van der Waals surface area contributed by atoms with E-state index >= 15 is 0 Å². The van der Waals surface area contributed by atoms with Crippen LogP contribution < -0.4 is 10.9 Å². The molecule has 1 N–H and O–H groups in total. The largest absolute Gasteiger partial charge is 0.451 e. The Morgan fingerprint density at radius 3 is 2.79 bits per heavy atom. The van der Waals surface area contributed by atoms with E-state index in [1.54, 1.807) is 11.5 Å². The molecule has 4 rings (SSSR count). The number of amides is 1. The number of ether oxygens (including phenoxy) is 1. The van der Waals surface area contributed by atoms with E-state index in [1.165, 1.54) is 11.3 Å². The van der Waals surface area contributed by atoms with Crippen molar-refractivity contribution in [1.82, 2.24) is 14.9 Å². The van der Waals surface area contributed by atoms with Gasteiger partial charge in [0.25, 0.3) is 11.5 Å². The standard InChI is InChI=1S/C20H25N3O4S/c1-11-5-7-13(8-6-11)21-15(24)10-27-20(26)17-12(2)16-18(28-17)22-14-4-3-9-23(14)19(16)25/h11,13H,3-10H2,1-2H3,(H,21,24). The second kappa shape index (κ2) is 7.66. The summed E-state index contributed by atoms with van der Waals surface area (Å²) in [6, 6.07) is 0.167. The third-order valence-corrected chi connectivity index (χ3v) is 6.98. The molecule has 0 bridgehead atoms. The zero-order valence-electron chi connectivity index (χ0n) is 16.2. The maximum atomic E-state index is 12.7. The van der Waals surface area contributed by atoms with Gasteiger partial charge in [0.15, 0.2) is 6.61 Å². The lowest BCUT2D eigenvalue weighted by Gasteiger charge is -2.26. The SMILES string of the molecule is Cc1c(C(=O)OCC(=O)NC2CCC(C)CC2)sc2nc3n(c(=O)c12)CCC3. The van der Waals surface area contributed by atoms with Gasteiger partial charge in [0.05, 0.1) is 5.39 Å². The molecule has 2 aromatic rings. The molecule has 1 fully saturated rings. The highest BCUT2D eigenvalue weighted by Gasteiger charge is 2.25. The zero-order valence-corrected chi connectivity index (χ0v) is 17.1. The molecule has 0 unspecified atom stereocenters. The molecule has 8 heteroatoms. The van der Waals surface area contributed by atoms with E-state index in [0.717, 1.165) is 44.3 Å². The molecule has 28 heavy (non-hydrogen) atoms. The molecule has 2 aliphatic rings. The van der Waals surface area contributed by atoms with Gasteiger partial charge < -0.3 is 10.1 Å². The van der Waals surface area contributed by atoms with E-state index in [1.807, 2.05) is 0 Å². The van der Waals surface area contributed by atoms with Crippen molar-refractivity contribution in [3.05, 3.63) is 26.6 Å². The van der Waals surface area contributed by atoms with Gasteiger partial charge >= 0.3 is 5.97 Å². The summed E-state index contributed by atoms with van der Waals surface area (Å²) in [6.45, 7) is 4.33. The highest BCUT2D eigenvalue weighted by Crippen LogP contribution is 2.29. The maximum absolute atomic E-state index is 12.7.